The fourth-order valence-corrected chi connectivity index (χ4v) is 4.51. The summed E-state index contributed by atoms with van der Waals surface area (Å²) in [5, 5.41) is 3.26. The Morgan fingerprint density at radius 2 is 1.59 bits per heavy atom. The predicted octanol–water partition coefficient (Wildman–Crippen LogP) is 5.05. The Morgan fingerprint density at radius 3 is 2.25 bits per heavy atom. The summed E-state index contributed by atoms with van der Waals surface area (Å²) in [4.78, 5) is 12.5. The van der Waals surface area contributed by atoms with Crippen molar-refractivity contribution in [3.05, 3.63) is 76.8 Å². The second-order valence-electron chi connectivity index (χ2n) is 6.66. The second kappa shape index (κ2) is 10.2. The van der Waals surface area contributed by atoms with Crippen molar-refractivity contribution >= 4 is 44.8 Å². The summed E-state index contributed by atoms with van der Waals surface area (Å²) >= 11 is 12.0. The zero-order chi connectivity index (χ0) is 23.3. The van der Waals surface area contributed by atoms with Crippen LogP contribution < -0.4 is 14.8 Å². The van der Waals surface area contributed by atoms with E-state index in [-0.39, 0.29) is 15.7 Å². The fraction of sp³-hybridized carbons (Fsp3) is 0.136. The van der Waals surface area contributed by atoms with Gasteiger partial charge in [0.15, 0.2) is 5.75 Å². The van der Waals surface area contributed by atoms with Gasteiger partial charge in [0.2, 0.25) is 15.9 Å². The van der Waals surface area contributed by atoms with Crippen LogP contribution in [0.5, 0.6) is 17.2 Å². The van der Waals surface area contributed by atoms with Gasteiger partial charge in [-0.3, -0.25) is 4.79 Å². The molecule has 3 rings (SSSR count). The first-order valence-corrected chi connectivity index (χ1v) is 11.5. The average Bonchev–Trinajstić information content (AvgIpc) is 2.76. The number of nitrogens with one attached hydrogen (secondary N) is 1. The summed E-state index contributed by atoms with van der Waals surface area (Å²) in [6.07, 6.45) is 0. The Labute approximate surface area is 196 Å². The largest absolute Gasteiger partial charge is 0.495 e. The number of carbonyl (C=O) groups is 1. The van der Waals surface area contributed by atoms with Crippen molar-refractivity contribution in [3.8, 4) is 17.2 Å². The van der Waals surface area contributed by atoms with Gasteiger partial charge >= 0.3 is 0 Å². The Balaban J connectivity index is 1.78. The Kier molecular flexibility index (Phi) is 7.63. The van der Waals surface area contributed by atoms with E-state index >= 15 is 0 Å². The van der Waals surface area contributed by atoms with Crippen molar-refractivity contribution < 1.29 is 22.7 Å². The van der Waals surface area contributed by atoms with E-state index in [1.54, 1.807) is 24.3 Å². The molecule has 0 aliphatic carbocycles. The number of carbonyl (C=O) groups excluding carboxylic acids is 1. The lowest BCUT2D eigenvalue weighted by Crippen LogP contribution is -2.35. The SMILES string of the molecule is COc1ccc(Cl)cc1S(=O)(=O)N(C)CC(=O)Nc1cc(Cl)ccc1Oc1ccccc1. The maximum absolute atomic E-state index is 13.0. The van der Waals surface area contributed by atoms with Gasteiger partial charge in [0.1, 0.15) is 16.4 Å². The van der Waals surface area contributed by atoms with Crippen LogP contribution in [0.15, 0.2) is 71.6 Å². The molecule has 3 aromatic carbocycles. The highest BCUT2D eigenvalue weighted by Crippen LogP contribution is 2.32. The molecule has 0 saturated heterocycles. The van der Waals surface area contributed by atoms with Crippen LogP contribution in [0.4, 0.5) is 5.69 Å². The third-order valence-electron chi connectivity index (χ3n) is 4.37. The van der Waals surface area contributed by atoms with Crippen LogP contribution in [0, 0.1) is 0 Å². The van der Waals surface area contributed by atoms with E-state index in [9.17, 15) is 13.2 Å². The van der Waals surface area contributed by atoms with Crippen molar-refractivity contribution in [2.24, 2.45) is 0 Å². The number of nitrogens with zero attached hydrogens (tertiary/aromatic N) is 1. The van der Waals surface area contributed by atoms with Gasteiger partial charge in [-0.2, -0.15) is 4.31 Å². The Hall–Kier alpha value is -2.78. The van der Waals surface area contributed by atoms with Crippen LogP contribution in [-0.2, 0) is 14.8 Å². The van der Waals surface area contributed by atoms with Crippen LogP contribution in [0.1, 0.15) is 0 Å². The van der Waals surface area contributed by atoms with Gasteiger partial charge < -0.3 is 14.8 Å². The summed E-state index contributed by atoms with van der Waals surface area (Å²) in [5.41, 5.74) is 0.303. The molecule has 0 heterocycles. The molecule has 0 spiro atoms. The van der Waals surface area contributed by atoms with E-state index in [2.05, 4.69) is 5.32 Å². The number of ether oxygens (including phenoxy) is 2. The monoisotopic (exact) mass is 494 g/mol. The van der Waals surface area contributed by atoms with E-state index in [1.165, 1.54) is 38.4 Å². The molecule has 1 amide bonds. The van der Waals surface area contributed by atoms with Gasteiger partial charge in [-0.1, -0.05) is 41.4 Å². The number of methoxy groups -OCH3 is 1. The van der Waals surface area contributed by atoms with Crippen molar-refractivity contribution in [3.63, 3.8) is 0 Å². The highest BCUT2D eigenvalue weighted by Gasteiger charge is 2.27. The van der Waals surface area contributed by atoms with Gasteiger partial charge in [0.05, 0.1) is 19.3 Å². The van der Waals surface area contributed by atoms with Crippen LogP contribution in [0.25, 0.3) is 0 Å². The average molecular weight is 495 g/mol. The van der Waals surface area contributed by atoms with Gasteiger partial charge in [-0.25, -0.2) is 8.42 Å². The summed E-state index contributed by atoms with van der Waals surface area (Å²) in [7, 11) is -1.42. The quantitative estimate of drug-likeness (QED) is 0.473. The molecule has 0 atom stereocenters. The summed E-state index contributed by atoms with van der Waals surface area (Å²) in [6.45, 7) is -0.463. The van der Waals surface area contributed by atoms with E-state index in [0.717, 1.165) is 4.31 Å². The van der Waals surface area contributed by atoms with Crippen molar-refractivity contribution in [1.82, 2.24) is 4.31 Å². The number of amides is 1. The maximum atomic E-state index is 13.0. The smallest absolute Gasteiger partial charge is 0.247 e. The maximum Gasteiger partial charge on any atom is 0.247 e. The number of rotatable bonds is 8. The number of likely N-dealkylation sites (N-methyl/N-ethyl adjacent to an activating group) is 1. The molecule has 0 fully saturated rings. The molecule has 0 aromatic heterocycles. The topological polar surface area (TPSA) is 84.9 Å². The summed E-state index contributed by atoms with van der Waals surface area (Å²) < 4.78 is 37.8. The third-order valence-corrected chi connectivity index (χ3v) is 6.66. The van der Waals surface area contributed by atoms with Gasteiger partial charge in [-0.05, 0) is 48.5 Å². The molecule has 32 heavy (non-hydrogen) atoms. The first-order chi connectivity index (χ1) is 15.2. The van der Waals surface area contributed by atoms with E-state index in [4.69, 9.17) is 32.7 Å². The zero-order valence-electron chi connectivity index (χ0n) is 17.2. The standard InChI is InChI=1S/C22H20Cl2N2O5S/c1-26(32(28,29)21-13-16(24)9-11-20(21)30-2)14-22(27)25-18-12-15(23)8-10-19(18)31-17-6-4-3-5-7-17/h3-13H,14H2,1-2H3,(H,25,27). The lowest BCUT2D eigenvalue weighted by Gasteiger charge is -2.19. The van der Waals surface area contributed by atoms with Gasteiger partial charge in [-0.15, -0.1) is 0 Å². The minimum Gasteiger partial charge on any atom is -0.495 e. The first-order valence-electron chi connectivity index (χ1n) is 9.33. The predicted molar refractivity (Wildman–Crippen MR) is 124 cm³/mol. The lowest BCUT2D eigenvalue weighted by molar-refractivity contribution is -0.116. The molecule has 0 aliphatic rings. The van der Waals surface area contributed by atoms with Crippen LogP contribution in [0.2, 0.25) is 10.0 Å². The molecule has 10 heteroatoms. The van der Waals surface area contributed by atoms with E-state index < -0.39 is 22.5 Å². The molecule has 7 nitrogen and oxygen atoms in total. The number of sulfonamides is 1. The van der Waals surface area contributed by atoms with E-state index in [1.807, 2.05) is 18.2 Å². The molecule has 0 saturated carbocycles. The lowest BCUT2D eigenvalue weighted by atomic mass is 10.2. The summed E-state index contributed by atoms with van der Waals surface area (Å²) in [6, 6.07) is 18.0. The van der Waals surface area contributed by atoms with Crippen LogP contribution in [0.3, 0.4) is 0 Å². The number of anilines is 1. The fourth-order valence-electron chi connectivity index (χ4n) is 2.80. The normalized spacial score (nSPS) is 11.3. The first kappa shape index (κ1) is 23.9. The molecule has 0 unspecified atom stereocenters. The van der Waals surface area contributed by atoms with Crippen LogP contribution in [-0.4, -0.2) is 39.3 Å². The number of benzene rings is 3. The van der Waals surface area contributed by atoms with Crippen molar-refractivity contribution in [1.29, 1.82) is 0 Å². The minimum atomic E-state index is -4.05. The molecular formula is C22H20Cl2N2O5S. The van der Waals surface area contributed by atoms with E-state index in [0.29, 0.717) is 22.2 Å². The number of hydrogen-bond acceptors (Lipinski definition) is 5. The zero-order valence-corrected chi connectivity index (χ0v) is 19.5. The molecule has 0 bridgehead atoms. The number of hydrogen-bond donors (Lipinski definition) is 1. The number of halogens is 2. The molecule has 1 N–H and O–H groups in total. The van der Waals surface area contributed by atoms with Crippen LogP contribution >= 0.6 is 23.2 Å². The molecule has 3 aromatic rings. The van der Waals surface area contributed by atoms with Crippen molar-refractivity contribution in [2.45, 2.75) is 4.90 Å². The molecular weight excluding hydrogens is 475 g/mol. The molecule has 0 radical (unpaired) electrons. The molecule has 168 valence electrons. The Bertz CT molecular complexity index is 1220. The third kappa shape index (κ3) is 5.72. The highest BCUT2D eigenvalue weighted by atomic mass is 35.5. The van der Waals surface area contributed by atoms with Gasteiger partial charge in [0, 0.05) is 17.1 Å². The highest BCUT2D eigenvalue weighted by molar-refractivity contribution is 7.89. The second-order valence-corrected chi connectivity index (χ2v) is 9.55. The molecule has 0 aliphatic heterocycles. The number of para-hydroxylation sites is 1. The van der Waals surface area contributed by atoms with Gasteiger partial charge in [0.25, 0.3) is 0 Å². The Morgan fingerprint density at radius 1 is 0.969 bits per heavy atom. The summed E-state index contributed by atoms with van der Waals surface area (Å²) in [5.74, 6) is 0.460. The van der Waals surface area contributed by atoms with Crippen molar-refractivity contribution in [2.75, 3.05) is 26.0 Å². The minimum absolute atomic E-state index is 0.120.